The molecule has 0 fully saturated rings. The minimum atomic E-state index is -0.621. The fourth-order valence-corrected chi connectivity index (χ4v) is 2.69. The maximum Gasteiger partial charge on any atom is 0.122 e. The van der Waals surface area contributed by atoms with Crippen LogP contribution in [0.25, 0.3) is 0 Å². The Kier molecular flexibility index (Phi) is 5.93. The molecule has 0 radical (unpaired) electrons. The topological polar surface area (TPSA) is 59.0 Å². The second-order valence-corrected chi connectivity index (χ2v) is 6.06. The van der Waals surface area contributed by atoms with E-state index in [4.69, 9.17) is 13.6 Å². The molecular weight excluding hydrogens is 318 g/mol. The van der Waals surface area contributed by atoms with Gasteiger partial charge in [0, 0.05) is 6.54 Å². The summed E-state index contributed by atoms with van der Waals surface area (Å²) in [4.78, 5) is 2.07. The Balaban J connectivity index is 1.57. The summed E-state index contributed by atoms with van der Waals surface area (Å²) in [5.41, 5.74) is 1.05. The Morgan fingerprint density at radius 2 is 1.60 bits per heavy atom. The second-order valence-electron chi connectivity index (χ2n) is 6.06. The van der Waals surface area contributed by atoms with Crippen molar-refractivity contribution in [3.05, 3.63) is 78.1 Å². The van der Waals surface area contributed by atoms with E-state index in [1.165, 1.54) is 0 Å². The van der Waals surface area contributed by atoms with Gasteiger partial charge in [-0.05, 0) is 42.8 Å². The van der Waals surface area contributed by atoms with Crippen molar-refractivity contribution in [2.45, 2.75) is 26.1 Å². The van der Waals surface area contributed by atoms with Gasteiger partial charge < -0.3 is 18.7 Å². The van der Waals surface area contributed by atoms with Crippen LogP contribution in [0.4, 0.5) is 0 Å². The molecule has 25 heavy (non-hydrogen) atoms. The van der Waals surface area contributed by atoms with E-state index in [0.717, 1.165) is 22.8 Å². The molecule has 0 aliphatic rings. The number of rotatable bonds is 9. The van der Waals surface area contributed by atoms with Gasteiger partial charge in [-0.2, -0.15) is 0 Å². The van der Waals surface area contributed by atoms with Crippen LogP contribution in [0.5, 0.6) is 5.75 Å². The molecule has 0 bridgehead atoms. The maximum atomic E-state index is 10.4. The van der Waals surface area contributed by atoms with Gasteiger partial charge in [-0.1, -0.05) is 18.2 Å². The molecule has 1 aromatic carbocycles. The summed E-state index contributed by atoms with van der Waals surface area (Å²) < 4.78 is 16.6. The zero-order valence-electron chi connectivity index (χ0n) is 14.3. The maximum absolute atomic E-state index is 10.4. The van der Waals surface area contributed by atoms with E-state index in [1.54, 1.807) is 12.5 Å². The summed E-state index contributed by atoms with van der Waals surface area (Å²) >= 11 is 0. The first-order valence-electron chi connectivity index (χ1n) is 8.34. The van der Waals surface area contributed by atoms with Crippen molar-refractivity contribution in [3.8, 4) is 5.75 Å². The lowest BCUT2D eigenvalue weighted by atomic mass is 10.2. The number of ether oxygens (including phenoxy) is 1. The predicted molar refractivity (Wildman–Crippen MR) is 94.2 cm³/mol. The summed E-state index contributed by atoms with van der Waals surface area (Å²) in [5, 5.41) is 10.4. The first-order valence-corrected chi connectivity index (χ1v) is 8.34. The molecule has 5 heteroatoms. The Hall–Kier alpha value is -2.50. The summed E-state index contributed by atoms with van der Waals surface area (Å²) in [6, 6.07) is 15.3. The number of para-hydroxylation sites is 1. The molecule has 5 nitrogen and oxygen atoms in total. The highest BCUT2D eigenvalue weighted by Gasteiger charge is 2.16. The van der Waals surface area contributed by atoms with Crippen LogP contribution in [-0.2, 0) is 13.1 Å². The van der Waals surface area contributed by atoms with Gasteiger partial charge in [0.05, 0.1) is 25.6 Å². The third kappa shape index (κ3) is 5.24. The van der Waals surface area contributed by atoms with Crippen LogP contribution in [0, 0.1) is 6.92 Å². The van der Waals surface area contributed by atoms with Gasteiger partial charge in [-0.15, -0.1) is 0 Å². The van der Waals surface area contributed by atoms with E-state index in [1.807, 2.05) is 55.5 Å². The van der Waals surface area contributed by atoms with Crippen molar-refractivity contribution in [1.29, 1.82) is 0 Å². The Bertz CT molecular complexity index is 701. The van der Waals surface area contributed by atoms with E-state index in [-0.39, 0.29) is 6.61 Å². The molecule has 0 aliphatic heterocycles. The number of hydrogen-bond acceptors (Lipinski definition) is 5. The number of furan rings is 2. The fourth-order valence-electron chi connectivity index (χ4n) is 2.69. The Morgan fingerprint density at radius 3 is 2.16 bits per heavy atom. The largest absolute Gasteiger partial charge is 0.491 e. The van der Waals surface area contributed by atoms with Crippen molar-refractivity contribution in [3.63, 3.8) is 0 Å². The lowest BCUT2D eigenvalue weighted by Crippen LogP contribution is -2.35. The van der Waals surface area contributed by atoms with Crippen LogP contribution in [0.2, 0.25) is 0 Å². The van der Waals surface area contributed by atoms with Crippen LogP contribution in [0.15, 0.2) is 69.9 Å². The Labute approximate surface area is 147 Å². The van der Waals surface area contributed by atoms with Crippen molar-refractivity contribution in [2.75, 3.05) is 13.2 Å². The average molecular weight is 341 g/mol. The monoisotopic (exact) mass is 341 g/mol. The predicted octanol–water partition coefficient (Wildman–Crippen LogP) is 3.62. The molecular formula is C20H23NO4. The van der Waals surface area contributed by atoms with Crippen molar-refractivity contribution >= 4 is 0 Å². The SMILES string of the molecule is Cc1ccccc1OC[C@@H](O)CN(Cc1ccco1)Cc1ccco1. The van der Waals surface area contributed by atoms with Gasteiger partial charge in [-0.3, -0.25) is 4.90 Å². The van der Waals surface area contributed by atoms with Crippen LogP contribution in [0.1, 0.15) is 17.1 Å². The van der Waals surface area contributed by atoms with Gasteiger partial charge in [0.25, 0.3) is 0 Å². The average Bonchev–Trinajstić information content (AvgIpc) is 3.28. The molecule has 132 valence electrons. The summed E-state index contributed by atoms with van der Waals surface area (Å²) in [6.07, 6.45) is 2.68. The van der Waals surface area contributed by atoms with Gasteiger partial charge in [0.15, 0.2) is 0 Å². The van der Waals surface area contributed by atoms with Crippen molar-refractivity contribution < 1.29 is 18.7 Å². The molecule has 0 unspecified atom stereocenters. The summed E-state index contributed by atoms with van der Waals surface area (Å²) in [7, 11) is 0. The first-order chi connectivity index (χ1) is 12.2. The minimum Gasteiger partial charge on any atom is -0.491 e. The third-order valence-corrected chi connectivity index (χ3v) is 3.91. The van der Waals surface area contributed by atoms with E-state index in [9.17, 15) is 5.11 Å². The lowest BCUT2D eigenvalue weighted by molar-refractivity contribution is 0.0578. The lowest BCUT2D eigenvalue weighted by Gasteiger charge is -2.23. The van der Waals surface area contributed by atoms with Gasteiger partial charge >= 0.3 is 0 Å². The van der Waals surface area contributed by atoms with Crippen LogP contribution in [0.3, 0.4) is 0 Å². The smallest absolute Gasteiger partial charge is 0.122 e. The van der Waals surface area contributed by atoms with Crippen LogP contribution in [-0.4, -0.2) is 29.3 Å². The number of aliphatic hydroxyl groups excluding tert-OH is 1. The molecule has 2 heterocycles. The van der Waals surface area contributed by atoms with Gasteiger partial charge in [-0.25, -0.2) is 0 Å². The molecule has 1 atom stereocenters. The highest BCUT2D eigenvalue weighted by molar-refractivity contribution is 5.31. The van der Waals surface area contributed by atoms with E-state index in [2.05, 4.69) is 4.90 Å². The minimum absolute atomic E-state index is 0.234. The van der Waals surface area contributed by atoms with E-state index >= 15 is 0 Å². The first kappa shape index (κ1) is 17.3. The quantitative estimate of drug-likeness (QED) is 0.644. The van der Waals surface area contributed by atoms with Crippen molar-refractivity contribution in [1.82, 2.24) is 4.90 Å². The summed E-state index contributed by atoms with van der Waals surface area (Å²) in [6.45, 7) is 3.86. The highest BCUT2D eigenvalue weighted by atomic mass is 16.5. The zero-order valence-corrected chi connectivity index (χ0v) is 14.3. The Morgan fingerprint density at radius 1 is 0.960 bits per heavy atom. The molecule has 0 aliphatic carbocycles. The van der Waals surface area contributed by atoms with Crippen LogP contribution < -0.4 is 4.74 Å². The second kappa shape index (κ2) is 8.55. The zero-order chi connectivity index (χ0) is 17.5. The van der Waals surface area contributed by atoms with Crippen LogP contribution >= 0.6 is 0 Å². The van der Waals surface area contributed by atoms with E-state index < -0.39 is 6.10 Å². The third-order valence-electron chi connectivity index (χ3n) is 3.91. The van der Waals surface area contributed by atoms with Gasteiger partial charge in [0.1, 0.15) is 30.0 Å². The van der Waals surface area contributed by atoms with Gasteiger partial charge in [0.2, 0.25) is 0 Å². The number of aryl methyl sites for hydroxylation is 1. The number of benzene rings is 1. The fraction of sp³-hybridized carbons (Fsp3) is 0.300. The standard InChI is InChI=1S/C20H23NO4/c1-16-6-2-3-9-20(16)25-15-17(22)12-21(13-18-7-4-10-23-18)14-19-8-5-11-24-19/h2-11,17,22H,12-15H2,1H3/t17-/m0/s1. The molecule has 3 rings (SSSR count). The molecule has 0 spiro atoms. The normalized spacial score (nSPS) is 12.4. The molecule has 0 saturated carbocycles. The number of nitrogens with zero attached hydrogens (tertiary/aromatic N) is 1. The summed E-state index contributed by atoms with van der Waals surface area (Å²) in [5.74, 6) is 2.49. The number of aliphatic hydroxyl groups is 1. The molecule has 3 aromatic rings. The van der Waals surface area contributed by atoms with E-state index in [0.29, 0.717) is 19.6 Å². The molecule has 2 aromatic heterocycles. The molecule has 1 N–H and O–H groups in total. The highest BCUT2D eigenvalue weighted by Crippen LogP contribution is 2.17. The number of hydrogen-bond donors (Lipinski definition) is 1. The molecule has 0 saturated heterocycles. The van der Waals surface area contributed by atoms with Crippen molar-refractivity contribution in [2.24, 2.45) is 0 Å². The molecule has 0 amide bonds.